The molecule has 0 bridgehead atoms. The summed E-state index contributed by atoms with van der Waals surface area (Å²) in [7, 11) is 0. The van der Waals surface area contributed by atoms with Crippen LogP contribution in [0.5, 0.6) is 0 Å². The first kappa shape index (κ1) is 17.5. The van der Waals surface area contributed by atoms with Crippen LogP contribution >= 0.6 is 0 Å². The molecule has 0 saturated heterocycles. The van der Waals surface area contributed by atoms with Gasteiger partial charge >= 0.3 is 0 Å². The number of hydrogen-bond acceptors (Lipinski definition) is 4. The second kappa shape index (κ2) is 5.82. The summed E-state index contributed by atoms with van der Waals surface area (Å²) in [4.78, 5) is 0. The van der Waals surface area contributed by atoms with Crippen molar-refractivity contribution in [3.05, 3.63) is 11.6 Å². The molecule has 4 rings (SSSR count). The lowest BCUT2D eigenvalue weighted by molar-refractivity contribution is -0.120. The van der Waals surface area contributed by atoms with E-state index in [0.717, 1.165) is 44.2 Å². The van der Waals surface area contributed by atoms with Crippen LogP contribution in [0.2, 0.25) is 0 Å². The van der Waals surface area contributed by atoms with Gasteiger partial charge in [-0.25, -0.2) is 0 Å². The molecule has 0 aromatic carbocycles. The van der Waals surface area contributed by atoms with Crippen molar-refractivity contribution in [3.63, 3.8) is 0 Å². The van der Waals surface area contributed by atoms with Crippen molar-refractivity contribution in [1.29, 1.82) is 0 Å². The van der Waals surface area contributed by atoms with Crippen molar-refractivity contribution in [1.82, 2.24) is 0 Å². The maximum absolute atomic E-state index is 11.3. The molecule has 3 N–H and O–H groups in total. The van der Waals surface area contributed by atoms with Crippen molar-refractivity contribution >= 4 is 5.71 Å². The molecule has 140 valence electrons. The van der Waals surface area contributed by atoms with Gasteiger partial charge in [0.15, 0.2) is 0 Å². The van der Waals surface area contributed by atoms with Crippen molar-refractivity contribution in [3.8, 4) is 0 Å². The highest BCUT2D eigenvalue weighted by atomic mass is 16.4. The Morgan fingerprint density at radius 2 is 1.96 bits per heavy atom. The number of hydrogen-bond donors (Lipinski definition) is 3. The molecule has 0 spiro atoms. The first-order valence-corrected chi connectivity index (χ1v) is 10.1. The third-order valence-electron chi connectivity index (χ3n) is 8.67. The van der Waals surface area contributed by atoms with Gasteiger partial charge in [-0.3, -0.25) is 0 Å². The average molecular weight is 347 g/mol. The van der Waals surface area contributed by atoms with Crippen LogP contribution in [-0.2, 0) is 0 Å². The molecular formula is C21H33NO3. The van der Waals surface area contributed by atoms with Gasteiger partial charge in [-0.15, -0.1) is 0 Å². The van der Waals surface area contributed by atoms with E-state index in [9.17, 15) is 15.4 Å². The standard InChI is InChI=1S/C21H33NO3/c1-12(22-25)16-6-7-17-15-5-4-13-10-14(23)8-9-20(13,2)19(15)18(24)11-21(16,17)3/h4,14-19,23-25H,5-11H2,1-3H3/b22-12+. The number of oxime groups is 1. The topological polar surface area (TPSA) is 73.1 Å². The largest absolute Gasteiger partial charge is 0.411 e. The zero-order valence-electron chi connectivity index (χ0n) is 15.8. The molecule has 8 atom stereocenters. The van der Waals surface area contributed by atoms with Crippen molar-refractivity contribution in [2.45, 2.75) is 77.9 Å². The quantitative estimate of drug-likeness (QED) is 0.293. The Morgan fingerprint density at radius 1 is 1.20 bits per heavy atom. The van der Waals surface area contributed by atoms with Gasteiger partial charge in [0.05, 0.1) is 17.9 Å². The fourth-order valence-electron chi connectivity index (χ4n) is 7.53. The van der Waals surface area contributed by atoms with Gasteiger partial charge in [-0.1, -0.05) is 30.7 Å². The van der Waals surface area contributed by atoms with Gasteiger partial charge in [0, 0.05) is 5.92 Å². The monoisotopic (exact) mass is 347 g/mol. The number of allylic oxidation sites excluding steroid dienone is 1. The first-order chi connectivity index (χ1) is 11.8. The zero-order chi connectivity index (χ0) is 18.0. The second-order valence-electron chi connectivity index (χ2n) is 9.72. The first-order valence-electron chi connectivity index (χ1n) is 10.1. The summed E-state index contributed by atoms with van der Waals surface area (Å²) in [5.74, 6) is 1.69. The molecule has 4 heteroatoms. The molecule has 0 amide bonds. The Bertz CT molecular complexity index is 614. The molecule has 0 aliphatic heterocycles. The smallest absolute Gasteiger partial charge is 0.0585 e. The van der Waals surface area contributed by atoms with E-state index < -0.39 is 0 Å². The normalized spacial score (nSPS) is 52.8. The van der Waals surface area contributed by atoms with Crippen LogP contribution in [-0.4, -0.2) is 33.3 Å². The van der Waals surface area contributed by atoms with Crippen LogP contribution in [0.15, 0.2) is 16.8 Å². The molecule has 3 saturated carbocycles. The van der Waals surface area contributed by atoms with Crippen molar-refractivity contribution in [2.75, 3.05) is 0 Å². The fraction of sp³-hybridized carbons (Fsp3) is 0.857. The average Bonchev–Trinajstić information content (AvgIpc) is 2.91. The third-order valence-corrected chi connectivity index (χ3v) is 8.67. The number of fused-ring (bicyclic) bond motifs is 5. The Morgan fingerprint density at radius 3 is 2.68 bits per heavy atom. The SMILES string of the molecule is C/C(=N\O)C1CCC2C3CC=C4CC(O)CCC4(C)C3C(O)CC12C. The van der Waals surface area contributed by atoms with Crippen LogP contribution in [0.1, 0.15) is 65.7 Å². The van der Waals surface area contributed by atoms with E-state index >= 15 is 0 Å². The Hall–Kier alpha value is -0.870. The minimum absolute atomic E-state index is 0.0345. The molecule has 0 radical (unpaired) electrons. The summed E-state index contributed by atoms with van der Waals surface area (Å²) in [6.45, 7) is 6.58. The molecule has 0 aromatic heterocycles. The molecule has 8 unspecified atom stereocenters. The third kappa shape index (κ3) is 2.36. The van der Waals surface area contributed by atoms with Crippen LogP contribution < -0.4 is 0 Å². The summed E-state index contributed by atoms with van der Waals surface area (Å²) < 4.78 is 0. The predicted octanol–water partition coefficient (Wildman–Crippen LogP) is 3.75. The summed E-state index contributed by atoms with van der Waals surface area (Å²) in [5, 5.41) is 34.2. The summed E-state index contributed by atoms with van der Waals surface area (Å²) in [6, 6.07) is 0. The lowest BCUT2D eigenvalue weighted by Gasteiger charge is -2.59. The molecule has 3 fully saturated rings. The van der Waals surface area contributed by atoms with Crippen LogP contribution in [0.3, 0.4) is 0 Å². The van der Waals surface area contributed by atoms with Gasteiger partial charge in [-0.2, -0.15) is 0 Å². The molecule has 0 aromatic rings. The maximum Gasteiger partial charge on any atom is 0.0585 e. The lowest BCUT2D eigenvalue weighted by Crippen LogP contribution is -2.56. The van der Waals surface area contributed by atoms with E-state index in [-0.39, 0.29) is 29.0 Å². The number of rotatable bonds is 1. The van der Waals surface area contributed by atoms with Gasteiger partial charge in [0.25, 0.3) is 0 Å². The Labute approximate surface area is 151 Å². The van der Waals surface area contributed by atoms with Gasteiger partial charge < -0.3 is 15.4 Å². The van der Waals surface area contributed by atoms with E-state index in [1.54, 1.807) is 0 Å². The molecule has 4 aliphatic carbocycles. The minimum Gasteiger partial charge on any atom is -0.411 e. The highest BCUT2D eigenvalue weighted by molar-refractivity contribution is 5.85. The number of aliphatic hydroxyl groups excluding tert-OH is 2. The fourth-order valence-corrected chi connectivity index (χ4v) is 7.53. The predicted molar refractivity (Wildman–Crippen MR) is 97.5 cm³/mol. The highest BCUT2D eigenvalue weighted by Crippen LogP contribution is 2.66. The molecular weight excluding hydrogens is 314 g/mol. The van der Waals surface area contributed by atoms with Gasteiger partial charge in [0.2, 0.25) is 0 Å². The van der Waals surface area contributed by atoms with Gasteiger partial charge in [0.1, 0.15) is 0 Å². The maximum atomic E-state index is 11.3. The summed E-state index contributed by atoms with van der Waals surface area (Å²) >= 11 is 0. The highest BCUT2D eigenvalue weighted by Gasteiger charge is 2.61. The summed E-state index contributed by atoms with van der Waals surface area (Å²) in [5.41, 5.74) is 2.29. The number of aliphatic hydroxyl groups is 2. The Kier molecular flexibility index (Phi) is 4.08. The van der Waals surface area contributed by atoms with Gasteiger partial charge in [-0.05, 0) is 80.5 Å². The van der Waals surface area contributed by atoms with Crippen LogP contribution in [0.4, 0.5) is 0 Å². The lowest BCUT2D eigenvalue weighted by atomic mass is 9.46. The minimum atomic E-state index is -0.303. The molecule has 4 aliphatic rings. The van der Waals surface area contributed by atoms with Crippen LogP contribution in [0, 0.1) is 34.5 Å². The number of nitrogens with zero attached hydrogens (tertiary/aromatic N) is 1. The molecule has 0 heterocycles. The van der Waals surface area contributed by atoms with E-state index in [0.29, 0.717) is 17.8 Å². The van der Waals surface area contributed by atoms with E-state index in [1.165, 1.54) is 12.0 Å². The second-order valence-corrected chi connectivity index (χ2v) is 9.72. The van der Waals surface area contributed by atoms with Crippen molar-refractivity contribution in [2.24, 2.45) is 39.7 Å². The van der Waals surface area contributed by atoms with E-state index in [1.807, 2.05) is 6.92 Å². The van der Waals surface area contributed by atoms with E-state index in [2.05, 4.69) is 25.1 Å². The van der Waals surface area contributed by atoms with Crippen LogP contribution in [0.25, 0.3) is 0 Å². The zero-order valence-corrected chi connectivity index (χ0v) is 15.8. The van der Waals surface area contributed by atoms with Crippen molar-refractivity contribution < 1.29 is 15.4 Å². The summed E-state index contributed by atoms with van der Waals surface area (Å²) in [6.07, 6.45) is 8.58. The molecule has 25 heavy (non-hydrogen) atoms. The van der Waals surface area contributed by atoms with E-state index in [4.69, 9.17) is 0 Å². The molecule has 4 nitrogen and oxygen atoms in total. The Balaban J connectivity index is 1.71.